The van der Waals surface area contributed by atoms with Crippen LogP contribution in [-0.2, 0) is 6.42 Å². The summed E-state index contributed by atoms with van der Waals surface area (Å²) in [5.74, 6) is 1.74. The number of nitrogens with zero attached hydrogens (tertiary/aromatic N) is 4. The second-order valence-corrected chi connectivity index (χ2v) is 6.33. The molecule has 2 rings (SSSR count). The Morgan fingerprint density at radius 3 is 2.74 bits per heavy atom. The lowest BCUT2D eigenvalue weighted by molar-refractivity contribution is 0.890. The molecule has 8 heteroatoms. The SMILES string of the molecule is CCNc1cc(Sc2nc(CC)ns2)nc(SC)n1. The van der Waals surface area contributed by atoms with Crippen LogP contribution in [0.3, 0.4) is 0 Å². The van der Waals surface area contributed by atoms with Crippen LogP contribution in [0.1, 0.15) is 19.7 Å². The molecular formula is C11H15N5S3. The van der Waals surface area contributed by atoms with Crippen molar-refractivity contribution < 1.29 is 0 Å². The number of anilines is 1. The molecule has 19 heavy (non-hydrogen) atoms. The Kier molecular flexibility index (Phi) is 5.41. The monoisotopic (exact) mass is 313 g/mol. The maximum absolute atomic E-state index is 4.48. The molecule has 0 aliphatic heterocycles. The van der Waals surface area contributed by atoms with Crippen LogP contribution in [0.4, 0.5) is 5.82 Å². The van der Waals surface area contributed by atoms with Gasteiger partial charge in [0.05, 0.1) is 0 Å². The van der Waals surface area contributed by atoms with E-state index in [9.17, 15) is 0 Å². The van der Waals surface area contributed by atoms with E-state index in [0.717, 1.165) is 39.1 Å². The molecule has 0 spiro atoms. The van der Waals surface area contributed by atoms with Gasteiger partial charge in [0.25, 0.3) is 0 Å². The number of rotatable bonds is 6. The molecule has 2 heterocycles. The van der Waals surface area contributed by atoms with E-state index in [0.29, 0.717) is 0 Å². The predicted octanol–water partition coefficient (Wildman–Crippen LogP) is 3.20. The van der Waals surface area contributed by atoms with Crippen molar-refractivity contribution in [1.29, 1.82) is 0 Å². The summed E-state index contributed by atoms with van der Waals surface area (Å²) in [4.78, 5) is 13.3. The smallest absolute Gasteiger partial charge is 0.190 e. The molecule has 0 amide bonds. The molecule has 0 aromatic carbocycles. The molecule has 0 saturated carbocycles. The van der Waals surface area contributed by atoms with Crippen molar-refractivity contribution >= 4 is 40.9 Å². The van der Waals surface area contributed by atoms with Gasteiger partial charge in [0.15, 0.2) is 9.50 Å². The fourth-order valence-corrected chi connectivity index (χ4v) is 3.42. The first-order valence-corrected chi connectivity index (χ1v) is 8.74. The number of hydrogen-bond acceptors (Lipinski definition) is 8. The fraction of sp³-hybridized carbons (Fsp3) is 0.455. The second kappa shape index (κ2) is 7.06. The summed E-state index contributed by atoms with van der Waals surface area (Å²) in [5, 5.41) is 4.88. The van der Waals surface area contributed by atoms with Gasteiger partial charge in [-0.25, -0.2) is 15.0 Å². The highest BCUT2D eigenvalue weighted by atomic mass is 32.2. The predicted molar refractivity (Wildman–Crippen MR) is 81.4 cm³/mol. The molecule has 2 aromatic heterocycles. The van der Waals surface area contributed by atoms with Crippen molar-refractivity contribution in [3.05, 3.63) is 11.9 Å². The third kappa shape index (κ3) is 4.05. The van der Waals surface area contributed by atoms with Crippen LogP contribution in [0.15, 0.2) is 20.6 Å². The maximum atomic E-state index is 4.48. The molecule has 0 bridgehead atoms. The van der Waals surface area contributed by atoms with Gasteiger partial charge in [-0.3, -0.25) is 0 Å². The van der Waals surface area contributed by atoms with E-state index in [1.54, 1.807) is 0 Å². The first-order valence-electron chi connectivity index (χ1n) is 5.92. The van der Waals surface area contributed by atoms with Crippen LogP contribution in [0, 0.1) is 0 Å². The van der Waals surface area contributed by atoms with Crippen LogP contribution in [0.5, 0.6) is 0 Å². The molecule has 5 nitrogen and oxygen atoms in total. The van der Waals surface area contributed by atoms with Crippen molar-refractivity contribution in [3.8, 4) is 0 Å². The summed E-state index contributed by atoms with van der Waals surface area (Å²) in [7, 11) is 0. The third-order valence-corrected chi connectivity index (χ3v) is 4.44. The molecule has 0 unspecified atom stereocenters. The molecule has 0 atom stereocenters. The van der Waals surface area contributed by atoms with Crippen molar-refractivity contribution in [2.24, 2.45) is 0 Å². The zero-order valence-corrected chi connectivity index (χ0v) is 13.5. The summed E-state index contributed by atoms with van der Waals surface area (Å²) in [5.41, 5.74) is 0. The van der Waals surface area contributed by atoms with Gasteiger partial charge in [-0.15, -0.1) is 0 Å². The van der Waals surface area contributed by atoms with Crippen molar-refractivity contribution in [3.63, 3.8) is 0 Å². The van der Waals surface area contributed by atoms with E-state index >= 15 is 0 Å². The van der Waals surface area contributed by atoms with Crippen molar-refractivity contribution in [1.82, 2.24) is 19.3 Å². The van der Waals surface area contributed by atoms with E-state index in [1.165, 1.54) is 35.1 Å². The zero-order chi connectivity index (χ0) is 13.7. The molecule has 0 radical (unpaired) electrons. The summed E-state index contributed by atoms with van der Waals surface area (Å²) >= 11 is 4.48. The number of aryl methyl sites for hydroxylation is 1. The van der Waals surface area contributed by atoms with Crippen molar-refractivity contribution in [2.45, 2.75) is 34.8 Å². The summed E-state index contributed by atoms with van der Waals surface area (Å²) < 4.78 is 5.20. The highest BCUT2D eigenvalue weighted by Crippen LogP contribution is 2.30. The molecule has 1 N–H and O–H groups in total. The Balaban J connectivity index is 2.20. The highest BCUT2D eigenvalue weighted by Gasteiger charge is 2.09. The molecular weight excluding hydrogens is 298 g/mol. The van der Waals surface area contributed by atoms with Gasteiger partial charge in [0.1, 0.15) is 16.7 Å². The minimum Gasteiger partial charge on any atom is -0.370 e. The number of aromatic nitrogens is 4. The van der Waals surface area contributed by atoms with Crippen LogP contribution in [0.2, 0.25) is 0 Å². The molecule has 0 fully saturated rings. The Hall–Kier alpha value is -0.860. The van der Waals surface area contributed by atoms with E-state index in [4.69, 9.17) is 0 Å². The van der Waals surface area contributed by atoms with E-state index < -0.39 is 0 Å². The average Bonchev–Trinajstić information content (AvgIpc) is 2.86. The van der Waals surface area contributed by atoms with Crippen LogP contribution < -0.4 is 5.32 Å². The van der Waals surface area contributed by atoms with Gasteiger partial charge < -0.3 is 5.32 Å². The molecule has 0 aliphatic carbocycles. The molecule has 0 aliphatic rings. The van der Waals surface area contributed by atoms with E-state index in [2.05, 4.69) is 31.6 Å². The minimum absolute atomic E-state index is 0.765. The maximum Gasteiger partial charge on any atom is 0.190 e. The first kappa shape index (κ1) is 14.5. The zero-order valence-electron chi connectivity index (χ0n) is 11.0. The number of hydrogen-bond donors (Lipinski definition) is 1. The summed E-state index contributed by atoms with van der Waals surface area (Å²) in [6.07, 6.45) is 2.83. The largest absolute Gasteiger partial charge is 0.370 e. The lowest BCUT2D eigenvalue weighted by atomic mass is 10.5. The number of nitrogens with one attached hydrogen (secondary N) is 1. The van der Waals surface area contributed by atoms with Gasteiger partial charge in [-0.2, -0.15) is 4.37 Å². The highest BCUT2D eigenvalue weighted by molar-refractivity contribution is 8.01. The Morgan fingerprint density at radius 2 is 2.11 bits per heavy atom. The Labute approximate surface area is 125 Å². The summed E-state index contributed by atoms with van der Waals surface area (Å²) in [6, 6.07) is 1.95. The lowest BCUT2D eigenvalue weighted by Gasteiger charge is -2.05. The van der Waals surface area contributed by atoms with Gasteiger partial charge in [-0.05, 0) is 36.5 Å². The van der Waals surface area contributed by atoms with Gasteiger partial charge in [-0.1, -0.05) is 18.7 Å². The normalized spacial score (nSPS) is 10.7. The van der Waals surface area contributed by atoms with Crippen LogP contribution in [-0.4, -0.2) is 32.1 Å². The fourth-order valence-electron chi connectivity index (χ4n) is 1.33. The lowest BCUT2D eigenvalue weighted by Crippen LogP contribution is -2.01. The first-order chi connectivity index (χ1) is 9.25. The van der Waals surface area contributed by atoms with Crippen LogP contribution in [0.25, 0.3) is 0 Å². The van der Waals surface area contributed by atoms with E-state index in [-0.39, 0.29) is 0 Å². The van der Waals surface area contributed by atoms with Gasteiger partial charge in [0, 0.05) is 19.0 Å². The van der Waals surface area contributed by atoms with Gasteiger partial charge >= 0.3 is 0 Å². The molecule has 102 valence electrons. The topological polar surface area (TPSA) is 63.6 Å². The molecule has 0 saturated heterocycles. The number of thioether (sulfide) groups is 1. The summed E-state index contributed by atoms with van der Waals surface area (Å²) in [6.45, 7) is 4.94. The second-order valence-electron chi connectivity index (χ2n) is 3.54. The third-order valence-electron chi connectivity index (χ3n) is 2.18. The average molecular weight is 313 g/mol. The minimum atomic E-state index is 0.765. The van der Waals surface area contributed by atoms with E-state index in [1.807, 2.05) is 19.2 Å². The van der Waals surface area contributed by atoms with Crippen LogP contribution >= 0.6 is 35.1 Å². The van der Waals surface area contributed by atoms with Crippen molar-refractivity contribution in [2.75, 3.05) is 18.1 Å². The standard InChI is InChI=1S/C11H15N5S3/c1-4-7-14-11(19-16-7)18-9-6-8(12-5-2)13-10(15-9)17-3/h6H,4-5H2,1-3H3,(H,12,13,15). The Bertz CT molecular complexity index is 543. The Morgan fingerprint density at radius 1 is 1.26 bits per heavy atom. The van der Waals surface area contributed by atoms with Gasteiger partial charge in [0.2, 0.25) is 0 Å². The molecule has 2 aromatic rings. The quantitative estimate of drug-likeness (QED) is 0.499.